The van der Waals surface area contributed by atoms with Gasteiger partial charge in [0.15, 0.2) is 4.34 Å². The molecule has 0 saturated heterocycles. The van der Waals surface area contributed by atoms with Gasteiger partial charge in [0, 0.05) is 26.4 Å². The van der Waals surface area contributed by atoms with Crippen molar-refractivity contribution < 1.29 is 4.74 Å². The number of methoxy groups -OCH3 is 1. The van der Waals surface area contributed by atoms with E-state index in [0.29, 0.717) is 6.61 Å². The van der Waals surface area contributed by atoms with E-state index in [-0.39, 0.29) is 0 Å². The van der Waals surface area contributed by atoms with Crippen molar-refractivity contribution in [2.24, 2.45) is 0 Å². The fourth-order valence-corrected chi connectivity index (χ4v) is 2.81. The maximum atomic E-state index is 5.00. The van der Waals surface area contributed by atoms with Gasteiger partial charge in [0.25, 0.3) is 0 Å². The lowest BCUT2D eigenvalue weighted by atomic mass is 10.3. The Balaban J connectivity index is 1.97. The molecule has 7 heteroatoms. The average molecular weight is 282 g/mol. The molecule has 0 aliphatic rings. The summed E-state index contributed by atoms with van der Waals surface area (Å²) in [6, 6.07) is 4.01. The van der Waals surface area contributed by atoms with Crippen LogP contribution in [0.5, 0.6) is 0 Å². The van der Waals surface area contributed by atoms with E-state index in [9.17, 15) is 0 Å². The predicted molar refractivity (Wildman–Crippen MR) is 71.9 cm³/mol. The lowest BCUT2D eigenvalue weighted by Crippen LogP contribution is -2.19. The van der Waals surface area contributed by atoms with E-state index in [2.05, 4.69) is 26.6 Å². The van der Waals surface area contributed by atoms with Crippen molar-refractivity contribution >= 4 is 23.1 Å². The van der Waals surface area contributed by atoms with Gasteiger partial charge in [-0.1, -0.05) is 17.4 Å². The van der Waals surface area contributed by atoms with Gasteiger partial charge in [-0.25, -0.2) is 4.98 Å². The minimum Gasteiger partial charge on any atom is -0.383 e. The Morgan fingerprint density at radius 2 is 2.44 bits per heavy atom. The first kappa shape index (κ1) is 13.4. The van der Waals surface area contributed by atoms with E-state index in [0.717, 1.165) is 28.0 Å². The fourth-order valence-electron chi connectivity index (χ4n) is 1.34. The molecular weight excluding hydrogens is 268 g/mol. The van der Waals surface area contributed by atoms with Crippen LogP contribution in [0, 0.1) is 0 Å². The van der Waals surface area contributed by atoms with Crippen LogP contribution >= 0.6 is 23.1 Å². The van der Waals surface area contributed by atoms with Gasteiger partial charge in [-0.3, -0.25) is 0 Å². The highest BCUT2D eigenvalue weighted by Gasteiger charge is 2.07. The highest BCUT2D eigenvalue weighted by atomic mass is 32.2. The Labute approximate surface area is 114 Å². The molecule has 0 unspecified atom stereocenters. The molecule has 5 nitrogen and oxygen atoms in total. The largest absolute Gasteiger partial charge is 0.383 e. The number of hydrogen-bond donors (Lipinski definition) is 1. The summed E-state index contributed by atoms with van der Waals surface area (Å²) in [6.45, 7) is 2.31. The van der Waals surface area contributed by atoms with E-state index < -0.39 is 0 Å². The molecule has 0 bridgehead atoms. The van der Waals surface area contributed by atoms with E-state index in [1.54, 1.807) is 30.6 Å². The molecule has 2 aromatic rings. The second-order valence-corrected chi connectivity index (χ2v) is 5.51. The molecule has 2 heterocycles. The maximum Gasteiger partial charge on any atom is 0.180 e. The zero-order chi connectivity index (χ0) is 12.6. The molecule has 0 atom stereocenters. The van der Waals surface area contributed by atoms with Crippen LogP contribution in [0.2, 0.25) is 0 Å². The van der Waals surface area contributed by atoms with Crippen LogP contribution in [0.3, 0.4) is 0 Å². The molecule has 1 N–H and O–H groups in total. The Morgan fingerprint density at radius 1 is 1.50 bits per heavy atom. The first-order valence-corrected chi connectivity index (χ1v) is 7.17. The topological polar surface area (TPSA) is 59.9 Å². The standard InChI is InChI=1S/C11H14N4OS2/c1-16-6-5-12-7-9-3-2-4-13-10(9)18-11-15-14-8-17-11/h2-4,8,12H,5-7H2,1H3. The van der Waals surface area contributed by atoms with Gasteiger partial charge >= 0.3 is 0 Å². The summed E-state index contributed by atoms with van der Waals surface area (Å²) in [7, 11) is 1.70. The summed E-state index contributed by atoms with van der Waals surface area (Å²) < 4.78 is 5.90. The van der Waals surface area contributed by atoms with Crippen molar-refractivity contribution in [3.63, 3.8) is 0 Å². The lowest BCUT2D eigenvalue weighted by molar-refractivity contribution is 0.199. The molecule has 0 radical (unpaired) electrons. The number of rotatable bonds is 7. The van der Waals surface area contributed by atoms with Gasteiger partial charge in [0.1, 0.15) is 10.5 Å². The molecule has 96 valence electrons. The van der Waals surface area contributed by atoms with Crippen molar-refractivity contribution in [3.05, 3.63) is 29.4 Å². The van der Waals surface area contributed by atoms with Crippen LogP contribution in [-0.4, -0.2) is 35.4 Å². The first-order chi connectivity index (χ1) is 8.90. The van der Waals surface area contributed by atoms with Crippen LogP contribution in [0.1, 0.15) is 5.56 Å². The molecule has 0 spiro atoms. The molecule has 0 saturated carbocycles. The second-order valence-electron chi connectivity index (χ2n) is 3.44. The van der Waals surface area contributed by atoms with Gasteiger partial charge in [-0.2, -0.15) is 0 Å². The van der Waals surface area contributed by atoms with Gasteiger partial charge in [-0.05, 0) is 23.4 Å². The van der Waals surface area contributed by atoms with Crippen LogP contribution < -0.4 is 5.32 Å². The Bertz CT molecular complexity index is 464. The third-order valence-electron chi connectivity index (χ3n) is 2.17. The molecule has 0 amide bonds. The summed E-state index contributed by atoms with van der Waals surface area (Å²) >= 11 is 3.07. The summed E-state index contributed by atoms with van der Waals surface area (Å²) in [6.07, 6.45) is 1.79. The third-order valence-corrected chi connectivity index (χ3v) is 4.01. The minimum absolute atomic E-state index is 0.707. The summed E-state index contributed by atoms with van der Waals surface area (Å²) in [4.78, 5) is 4.38. The Hall–Kier alpha value is -1.02. The molecule has 0 aliphatic carbocycles. The molecular formula is C11H14N4OS2. The van der Waals surface area contributed by atoms with E-state index >= 15 is 0 Å². The Morgan fingerprint density at radius 3 is 3.22 bits per heavy atom. The number of nitrogens with one attached hydrogen (secondary N) is 1. The van der Waals surface area contributed by atoms with Crippen LogP contribution in [0.25, 0.3) is 0 Å². The van der Waals surface area contributed by atoms with Crippen LogP contribution in [0.4, 0.5) is 0 Å². The zero-order valence-electron chi connectivity index (χ0n) is 10.00. The van der Waals surface area contributed by atoms with E-state index in [1.165, 1.54) is 11.3 Å². The molecule has 0 aliphatic heterocycles. The van der Waals surface area contributed by atoms with Crippen molar-refractivity contribution in [2.75, 3.05) is 20.3 Å². The summed E-state index contributed by atoms with van der Waals surface area (Å²) in [5.41, 5.74) is 2.88. The molecule has 2 rings (SSSR count). The normalized spacial score (nSPS) is 10.7. The van der Waals surface area contributed by atoms with Crippen molar-refractivity contribution in [2.45, 2.75) is 15.9 Å². The van der Waals surface area contributed by atoms with Crippen LogP contribution in [0.15, 0.2) is 33.2 Å². The summed E-state index contributed by atoms with van der Waals surface area (Å²) in [5, 5.41) is 12.1. The quantitative estimate of drug-likeness (QED) is 0.782. The predicted octanol–water partition coefficient (Wildman–Crippen LogP) is 1.82. The van der Waals surface area contributed by atoms with Gasteiger partial charge < -0.3 is 10.1 Å². The minimum atomic E-state index is 0.707. The summed E-state index contributed by atoms with van der Waals surface area (Å²) in [5.74, 6) is 0. The number of ether oxygens (including phenoxy) is 1. The smallest absolute Gasteiger partial charge is 0.180 e. The highest BCUT2D eigenvalue weighted by molar-refractivity contribution is 8.01. The van der Waals surface area contributed by atoms with Crippen molar-refractivity contribution in [1.29, 1.82) is 0 Å². The lowest BCUT2D eigenvalue weighted by Gasteiger charge is -2.07. The molecule has 0 aromatic carbocycles. The average Bonchev–Trinajstić information content (AvgIpc) is 2.89. The van der Waals surface area contributed by atoms with E-state index in [1.807, 2.05) is 6.07 Å². The van der Waals surface area contributed by atoms with Crippen molar-refractivity contribution in [1.82, 2.24) is 20.5 Å². The molecule has 2 aromatic heterocycles. The third kappa shape index (κ3) is 4.02. The van der Waals surface area contributed by atoms with Crippen LogP contribution in [-0.2, 0) is 11.3 Å². The first-order valence-electron chi connectivity index (χ1n) is 5.47. The van der Waals surface area contributed by atoms with E-state index in [4.69, 9.17) is 4.74 Å². The number of pyridine rings is 1. The number of nitrogens with zero attached hydrogens (tertiary/aromatic N) is 3. The second kappa shape index (κ2) is 7.42. The maximum absolute atomic E-state index is 5.00. The fraction of sp³-hybridized carbons (Fsp3) is 0.364. The molecule has 18 heavy (non-hydrogen) atoms. The number of aromatic nitrogens is 3. The van der Waals surface area contributed by atoms with Crippen molar-refractivity contribution in [3.8, 4) is 0 Å². The van der Waals surface area contributed by atoms with Gasteiger partial charge in [0.05, 0.1) is 6.61 Å². The highest BCUT2D eigenvalue weighted by Crippen LogP contribution is 2.29. The molecule has 0 fully saturated rings. The van der Waals surface area contributed by atoms with Gasteiger partial charge in [-0.15, -0.1) is 10.2 Å². The van der Waals surface area contributed by atoms with Gasteiger partial charge in [0.2, 0.25) is 0 Å². The SMILES string of the molecule is COCCNCc1cccnc1Sc1nncs1. The Kier molecular flexibility index (Phi) is 5.53. The number of hydrogen-bond acceptors (Lipinski definition) is 7. The monoisotopic (exact) mass is 282 g/mol. The zero-order valence-corrected chi connectivity index (χ0v) is 11.6.